The Morgan fingerprint density at radius 2 is 2.46 bits per heavy atom. The molecular formula is C9H15N3S. The summed E-state index contributed by atoms with van der Waals surface area (Å²) >= 11 is 1.65. The van der Waals surface area contributed by atoms with Gasteiger partial charge in [0.1, 0.15) is 5.82 Å². The fourth-order valence-electron chi connectivity index (χ4n) is 1.79. The SMILES string of the molecule is C[C@@H]1CCCCN1c1nc(N)cs1. The molecule has 1 aromatic heterocycles. The van der Waals surface area contributed by atoms with E-state index in [1.807, 2.05) is 5.38 Å². The van der Waals surface area contributed by atoms with Gasteiger partial charge in [-0.25, -0.2) is 4.98 Å². The van der Waals surface area contributed by atoms with Crippen molar-refractivity contribution >= 4 is 22.3 Å². The van der Waals surface area contributed by atoms with E-state index in [9.17, 15) is 0 Å². The summed E-state index contributed by atoms with van der Waals surface area (Å²) in [5.41, 5.74) is 5.60. The Bertz CT molecular complexity index is 284. The molecule has 0 radical (unpaired) electrons. The maximum absolute atomic E-state index is 5.60. The number of aromatic nitrogens is 1. The van der Waals surface area contributed by atoms with Gasteiger partial charge in [-0.1, -0.05) is 0 Å². The molecule has 1 aliphatic rings. The Morgan fingerprint density at radius 3 is 3.08 bits per heavy atom. The number of nitrogen functional groups attached to an aromatic ring is 1. The number of nitrogens with two attached hydrogens (primary N) is 1. The third-order valence-electron chi connectivity index (χ3n) is 2.56. The molecule has 0 spiro atoms. The van der Waals surface area contributed by atoms with E-state index in [4.69, 9.17) is 5.73 Å². The molecular weight excluding hydrogens is 182 g/mol. The van der Waals surface area contributed by atoms with Crippen molar-refractivity contribution in [3.63, 3.8) is 0 Å². The summed E-state index contributed by atoms with van der Waals surface area (Å²) in [6, 6.07) is 0.624. The first-order valence-electron chi connectivity index (χ1n) is 4.75. The molecule has 1 saturated heterocycles. The van der Waals surface area contributed by atoms with E-state index >= 15 is 0 Å². The molecule has 0 saturated carbocycles. The van der Waals surface area contributed by atoms with Crippen LogP contribution in [-0.2, 0) is 0 Å². The van der Waals surface area contributed by atoms with Crippen LogP contribution in [0.25, 0.3) is 0 Å². The number of hydrogen-bond acceptors (Lipinski definition) is 4. The number of hydrogen-bond donors (Lipinski definition) is 1. The van der Waals surface area contributed by atoms with Crippen LogP contribution in [0, 0.1) is 0 Å². The van der Waals surface area contributed by atoms with Crippen LogP contribution in [0.2, 0.25) is 0 Å². The maximum atomic E-state index is 5.60. The monoisotopic (exact) mass is 197 g/mol. The maximum Gasteiger partial charge on any atom is 0.187 e. The minimum absolute atomic E-state index is 0.624. The molecule has 1 aromatic rings. The van der Waals surface area contributed by atoms with Crippen LogP contribution in [0.15, 0.2) is 5.38 Å². The van der Waals surface area contributed by atoms with Gasteiger partial charge < -0.3 is 10.6 Å². The summed E-state index contributed by atoms with van der Waals surface area (Å²) in [4.78, 5) is 6.67. The van der Waals surface area contributed by atoms with Crippen LogP contribution in [0.5, 0.6) is 0 Å². The zero-order valence-corrected chi connectivity index (χ0v) is 8.68. The van der Waals surface area contributed by atoms with Crippen molar-refractivity contribution in [2.24, 2.45) is 0 Å². The topological polar surface area (TPSA) is 42.2 Å². The lowest BCUT2D eigenvalue weighted by molar-refractivity contribution is 0.484. The van der Waals surface area contributed by atoms with Gasteiger partial charge in [-0.15, -0.1) is 11.3 Å². The predicted octanol–water partition coefficient (Wildman–Crippen LogP) is 2.10. The summed E-state index contributed by atoms with van der Waals surface area (Å²) < 4.78 is 0. The van der Waals surface area contributed by atoms with Crippen molar-refractivity contribution in [1.29, 1.82) is 0 Å². The zero-order valence-electron chi connectivity index (χ0n) is 7.86. The van der Waals surface area contributed by atoms with E-state index in [1.165, 1.54) is 19.3 Å². The van der Waals surface area contributed by atoms with Crippen LogP contribution in [0.3, 0.4) is 0 Å². The Balaban J connectivity index is 2.14. The molecule has 72 valence electrons. The van der Waals surface area contributed by atoms with Gasteiger partial charge in [0.25, 0.3) is 0 Å². The molecule has 13 heavy (non-hydrogen) atoms. The molecule has 0 aliphatic carbocycles. The summed E-state index contributed by atoms with van der Waals surface area (Å²) in [7, 11) is 0. The number of nitrogens with zero attached hydrogens (tertiary/aromatic N) is 2. The van der Waals surface area contributed by atoms with E-state index in [2.05, 4.69) is 16.8 Å². The number of anilines is 2. The summed E-state index contributed by atoms with van der Waals surface area (Å²) in [5, 5.41) is 3.00. The highest BCUT2D eigenvalue weighted by Crippen LogP contribution is 2.28. The quantitative estimate of drug-likeness (QED) is 0.749. The Labute approximate surface area is 82.6 Å². The normalized spacial score (nSPS) is 23.5. The van der Waals surface area contributed by atoms with Crippen LogP contribution >= 0.6 is 11.3 Å². The van der Waals surface area contributed by atoms with Crippen molar-refractivity contribution in [2.75, 3.05) is 17.2 Å². The summed E-state index contributed by atoms with van der Waals surface area (Å²) in [6.07, 6.45) is 3.90. The zero-order chi connectivity index (χ0) is 9.26. The van der Waals surface area contributed by atoms with Gasteiger partial charge in [0.2, 0.25) is 0 Å². The van der Waals surface area contributed by atoms with Crippen LogP contribution in [-0.4, -0.2) is 17.6 Å². The lowest BCUT2D eigenvalue weighted by atomic mass is 10.1. The first kappa shape index (κ1) is 8.81. The highest BCUT2D eigenvalue weighted by molar-refractivity contribution is 7.14. The summed E-state index contributed by atoms with van der Waals surface area (Å²) in [5.74, 6) is 0.651. The van der Waals surface area contributed by atoms with Crippen LogP contribution in [0.1, 0.15) is 26.2 Å². The molecule has 1 fully saturated rings. The molecule has 0 amide bonds. The van der Waals surface area contributed by atoms with E-state index < -0.39 is 0 Å². The second kappa shape index (κ2) is 3.54. The van der Waals surface area contributed by atoms with E-state index in [0.29, 0.717) is 11.9 Å². The summed E-state index contributed by atoms with van der Waals surface area (Å²) in [6.45, 7) is 3.39. The van der Waals surface area contributed by atoms with Crippen molar-refractivity contribution < 1.29 is 0 Å². The van der Waals surface area contributed by atoms with Gasteiger partial charge in [0.05, 0.1) is 0 Å². The van der Waals surface area contributed by atoms with Crippen molar-refractivity contribution in [1.82, 2.24) is 4.98 Å². The Morgan fingerprint density at radius 1 is 1.62 bits per heavy atom. The fraction of sp³-hybridized carbons (Fsp3) is 0.667. The lowest BCUT2D eigenvalue weighted by Gasteiger charge is -2.32. The first-order valence-corrected chi connectivity index (χ1v) is 5.63. The van der Waals surface area contributed by atoms with E-state index in [0.717, 1.165) is 11.7 Å². The predicted molar refractivity (Wildman–Crippen MR) is 57.2 cm³/mol. The van der Waals surface area contributed by atoms with E-state index in [1.54, 1.807) is 11.3 Å². The average Bonchev–Trinajstić information content (AvgIpc) is 2.53. The average molecular weight is 197 g/mol. The Kier molecular flexibility index (Phi) is 2.40. The molecule has 0 unspecified atom stereocenters. The van der Waals surface area contributed by atoms with E-state index in [-0.39, 0.29) is 0 Å². The standard InChI is InChI=1S/C9H15N3S/c1-7-4-2-3-5-12(7)9-11-8(10)6-13-9/h6-7H,2-5,10H2,1H3/t7-/m1/s1. The second-order valence-corrected chi connectivity index (χ2v) is 4.43. The third-order valence-corrected chi connectivity index (χ3v) is 3.45. The lowest BCUT2D eigenvalue weighted by Crippen LogP contribution is -2.37. The number of thiazole rings is 1. The first-order chi connectivity index (χ1) is 6.27. The Hall–Kier alpha value is -0.770. The molecule has 2 N–H and O–H groups in total. The molecule has 0 aromatic carbocycles. The smallest absolute Gasteiger partial charge is 0.187 e. The number of piperidine rings is 1. The molecule has 1 aliphatic heterocycles. The minimum atomic E-state index is 0.624. The molecule has 2 heterocycles. The van der Waals surface area contributed by atoms with Gasteiger partial charge in [-0.3, -0.25) is 0 Å². The highest BCUT2D eigenvalue weighted by atomic mass is 32.1. The number of rotatable bonds is 1. The molecule has 1 atom stereocenters. The van der Waals surface area contributed by atoms with Gasteiger partial charge >= 0.3 is 0 Å². The molecule has 4 heteroatoms. The highest BCUT2D eigenvalue weighted by Gasteiger charge is 2.20. The van der Waals surface area contributed by atoms with Crippen LogP contribution in [0.4, 0.5) is 10.9 Å². The van der Waals surface area contributed by atoms with Crippen molar-refractivity contribution in [3.05, 3.63) is 5.38 Å². The van der Waals surface area contributed by atoms with Gasteiger partial charge in [-0.2, -0.15) is 0 Å². The van der Waals surface area contributed by atoms with Crippen molar-refractivity contribution in [3.8, 4) is 0 Å². The molecule has 2 rings (SSSR count). The van der Waals surface area contributed by atoms with Gasteiger partial charge in [0, 0.05) is 18.0 Å². The third kappa shape index (κ3) is 1.77. The fourth-order valence-corrected chi connectivity index (χ4v) is 2.63. The largest absolute Gasteiger partial charge is 0.383 e. The van der Waals surface area contributed by atoms with Crippen molar-refractivity contribution in [2.45, 2.75) is 32.2 Å². The molecule has 0 bridgehead atoms. The minimum Gasteiger partial charge on any atom is -0.383 e. The van der Waals surface area contributed by atoms with Crippen LogP contribution < -0.4 is 10.6 Å². The molecule has 3 nitrogen and oxygen atoms in total. The van der Waals surface area contributed by atoms with Gasteiger partial charge in [0.15, 0.2) is 5.13 Å². The second-order valence-electron chi connectivity index (χ2n) is 3.59. The van der Waals surface area contributed by atoms with Gasteiger partial charge in [-0.05, 0) is 26.2 Å².